The SMILES string of the molecule is CNS(=O)(=O)NCC(C)(C)CO. The van der Waals surface area contributed by atoms with Gasteiger partial charge in [0, 0.05) is 25.6 Å². The van der Waals surface area contributed by atoms with E-state index in [2.05, 4.69) is 9.44 Å². The third kappa shape index (κ3) is 4.66. The van der Waals surface area contributed by atoms with Crippen LogP contribution in [0.4, 0.5) is 0 Å². The van der Waals surface area contributed by atoms with Crippen molar-refractivity contribution in [2.45, 2.75) is 13.8 Å². The second-order valence-electron chi connectivity index (χ2n) is 3.35. The van der Waals surface area contributed by atoms with Crippen LogP contribution in [-0.2, 0) is 10.2 Å². The van der Waals surface area contributed by atoms with Gasteiger partial charge in [-0.3, -0.25) is 0 Å². The Balaban J connectivity index is 4.00. The first-order valence-electron chi connectivity index (χ1n) is 3.62. The second kappa shape index (κ2) is 4.18. The number of hydrogen-bond donors (Lipinski definition) is 3. The Morgan fingerprint density at radius 3 is 2.25 bits per heavy atom. The molecule has 0 bridgehead atoms. The molecule has 0 radical (unpaired) electrons. The first-order valence-corrected chi connectivity index (χ1v) is 5.10. The van der Waals surface area contributed by atoms with E-state index in [1.54, 1.807) is 13.8 Å². The number of aliphatic hydroxyl groups is 1. The van der Waals surface area contributed by atoms with E-state index in [1.165, 1.54) is 7.05 Å². The van der Waals surface area contributed by atoms with E-state index in [9.17, 15) is 8.42 Å². The highest BCUT2D eigenvalue weighted by atomic mass is 32.2. The zero-order valence-electron chi connectivity index (χ0n) is 7.59. The Hall–Kier alpha value is -0.170. The van der Waals surface area contributed by atoms with Crippen LogP contribution in [0.25, 0.3) is 0 Å². The van der Waals surface area contributed by atoms with Crippen LogP contribution in [0, 0.1) is 5.41 Å². The van der Waals surface area contributed by atoms with Gasteiger partial charge in [-0.2, -0.15) is 8.42 Å². The molecule has 0 atom stereocenters. The van der Waals surface area contributed by atoms with Gasteiger partial charge in [0.1, 0.15) is 0 Å². The molecule has 0 heterocycles. The molecule has 0 unspecified atom stereocenters. The lowest BCUT2D eigenvalue weighted by atomic mass is 9.96. The molecular formula is C6H16N2O3S. The summed E-state index contributed by atoms with van der Waals surface area (Å²) in [5.41, 5.74) is -0.427. The maximum absolute atomic E-state index is 10.9. The van der Waals surface area contributed by atoms with Crippen molar-refractivity contribution in [2.75, 3.05) is 20.2 Å². The monoisotopic (exact) mass is 196 g/mol. The van der Waals surface area contributed by atoms with Gasteiger partial charge in [0.05, 0.1) is 0 Å². The average molecular weight is 196 g/mol. The van der Waals surface area contributed by atoms with Crippen LogP contribution in [0.5, 0.6) is 0 Å². The Morgan fingerprint density at radius 1 is 1.42 bits per heavy atom. The third-order valence-electron chi connectivity index (χ3n) is 1.44. The first kappa shape index (κ1) is 11.8. The molecule has 0 fully saturated rings. The molecule has 0 saturated carbocycles. The van der Waals surface area contributed by atoms with E-state index in [0.717, 1.165) is 0 Å². The lowest BCUT2D eigenvalue weighted by Gasteiger charge is -2.21. The number of aliphatic hydroxyl groups excluding tert-OH is 1. The highest BCUT2D eigenvalue weighted by molar-refractivity contribution is 7.87. The molecule has 5 nitrogen and oxygen atoms in total. The van der Waals surface area contributed by atoms with E-state index < -0.39 is 15.6 Å². The topological polar surface area (TPSA) is 78.4 Å². The van der Waals surface area contributed by atoms with Gasteiger partial charge in [0.25, 0.3) is 10.2 Å². The molecule has 0 aromatic carbocycles. The minimum Gasteiger partial charge on any atom is -0.396 e. The van der Waals surface area contributed by atoms with Crippen LogP contribution in [0.15, 0.2) is 0 Å². The molecule has 0 aromatic rings. The van der Waals surface area contributed by atoms with Gasteiger partial charge in [-0.25, -0.2) is 9.44 Å². The minimum atomic E-state index is -3.37. The van der Waals surface area contributed by atoms with Gasteiger partial charge >= 0.3 is 0 Å². The van der Waals surface area contributed by atoms with E-state index >= 15 is 0 Å². The molecular weight excluding hydrogens is 180 g/mol. The predicted octanol–water partition coefficient (Wildman–Crippen LogP) is -0.941. The normalized spacial score (nSPS) is 13.3. The summed E-state index contributed by atoms with van der Waals surface area (Å²) in [5, 5.41) is 8.81. The van der Waals surface area contributed by atoms with Crippen LogP contribution < -0.4 is 9.44 Å². The van der Waals surface area contributed by atoms with Gasteiger partial charge in [-0.1, -0.05) is 13.8 Å². The van der Waals surface area contributed by atoms with Crippen molar-refractivity contribution in [2.24, 2.45) is 5.41 Å². The molecule has 12 heavy (non-hydrogen) atoms. The minimum absolute atomic E-state index is 0.0563. The zero-order valence-corrected chi connectivity index (χ0v) is 8.40. The summed E-state index contributed by atoms with van der Waals surface area (Å²) in [7, 11) is -2.05. The molecule has 0 aromatic heterocycles. The summed E-state index contributed by atoms with van der Waals surface area (Å²) in [6.07, 6.45) is 0. The zero-order chi connectivity index (χ0) is 9.83. The third-order valence-corrected chi connectivity index (χ3v) is 2.50. The summed E-state index contributed by atoms with van der Waals surface area (Å²) in [5.74, 6) is 0. The number of hydrogen-bond acceptors (Lipinski definition) is 3. The van der Waals surface area contributed by atoms with Crippen LogP contribution in [-0.4, -0.2) is 33.7 Å². The van der Waals surface area contributed by atoms with Gasteiger partial charge in [0.2, 0.25) is 0 Å². The van der Waals surface area contributed by atoms with Crippen LogP contribution in [0.2, 0.25) is 0 Å². The fourth-order valence-electron chi connectivity index (χ4n) is 0.418. The van der Waals surface area contributed by atoms with Crippen molar-refractivity contribution in [1.29, 1.82) is 0 Å². The summed E-state index contributed by atoms with van der Waals surface area (Å²) >= 11 is 0. The molecule has 0 aliphatic heterocycles. The van der Waals surface area contributed by atoms with E-state index in [1.807, 2.05) is 0 Å². The lowest BCUT2D eigenvalue weighted by Crippen LogP contribution is -2.41. The Bertz CT molecular complexity index is 223. The molecule has 6 heteroatoms. The van der Waals surface area contributed by atoms with Crippen molar-refractivity contribution in [3.8, 4) is 0 Å². The highest BCUT2D eigenvalue weighted by Gasteiger charge is 2.18. The quantitative estimate of drug-likeness (QED) is 0.531. The largest absolute Gasteiger partial charge is 0.396 e. The summed E-state index contributed by atoms with van der Waals surface area (Å²) in [6, 6.07) is 0. The second-order valence-corrected chi connectivity index (χ2v) is 5.05. The van der Waals surface area contributed by atoms with Crippen LogP contribution in [0.3, 0.4) is 0 Å². The molecule has 0 aliphatic rings. The van der Waals surface area contributed by atoms with Gasteiger partial charge in [0.15, 0.2) is 0 Å². The summed E-state index contributed by atoms with van der Waals surface area (Å²) in [4.78, 5) is 0. The van der Waals surface area contributed by atoms with Crippen molar-refractivity contribution >= 4 is 10.2 Å². The lowest BCUT2D eigenvalue weighted by molar-refractivity contribution is 0.163. The van der Waals surface area contributed by atoms with Crippen LogP contribution >= 0.6 is 0 Å². The van der Waals surface area contributed by atoms with Crippen molar-refractivity contribution < 1.29 is 13.5 Å². The number of nitrogens with one attached hydrogen (secondary N) is 2. The highest BCUT2D eigenvalue weighted by Crippen LogP contribution is 2.11. The first-order chi connectivity index (χ1) is 5.33. The smallest absolute Gasteiger partial charge is 0.276 e. The number of rotatable bonds is 5. The molecule has 0 saturated heterocycles. The van der Waals surface area contributed by atoms with Crippen molar-refractivity contribution in [3.63, 3.8) is 0 Å². The summed E-state index contributed by atoms with van der Waals surface area (Å²) in [6.45, 7) is 3.70. The van der Waals surface area contributed by atoms with Crippen molar-refractivity contribution in [3.05, 3.63) is 0 Å². The Kier molecular flexibility index (Phi) is 4.12. The molecule has 0 rings (SSSR count). The van der Waals surface area contributed by atoms with Crippen molar-refractivity contribution in [1.82, 2.24) is 9.44 Å². The van der Waals surface area contributed by atoms with E-state index in [-0.39, 0.29) is 13.2 Å². The maximum atomic E-state index is 10.9. The van der Waals surface area contributed by atoms with Gasteiger partial charge in [-0.15, -0.1) is 0 Å². The van der Waals surface area contributed by atoms with E-state index in [4.69, 9.17) is 5.11 Å². The molecule has 74 valence electrons. The van der Waals surface area contributed by atoms with Crippen LogP contribution in [0.1, 0.15) is 13.8 Å². The van der Waals surface area contributed by atoms with Gasteiger partial charge in [-0.05, 0) is 0 Å². The fourth-order valence-corrected chi connectivity index (χ4v) is 1.14. The standard InChI is InChI=1S/C6H16N2O3S/c1-6(2,5-9)4-8-12(10,11)7-3/h7-9H,4-5H2,1-3H3. The Morgan fingerprint density at radius 2 is 1.92 bits per heavy atom. The maximum Gasteiger partial charge on any atom is 0.276 e. The molecule has 3 N–H and O–H groups in total. The van der Waals surface area contributed by atoms with E-state index in [0.29, 0.717) is 0 Å². The van der Waals surface area contributed by atoms with Gasteiger partial charge < -0.3 is 5.11 Å². The molecule has 0 aliphatic carbocycles. The summed E-state index contributed by atoms with van der Waals surface area (Å²) < 4.78 is 26.1. The average Bonchev–Trinajstić information content (AvgIpc) is 2.02. The fraction of sp³-hybridized carbons (Fsp3) is 1.00. The Labute approximate surface area is 73.4 Å². The predicted molar refractivity (Wildman–Crippen MR) is 46.8 cm³/mol. The molecule has 0 spiro atoms. The molecule has 0 amide bonds.